The molecule has 2 nitrogen and oxygen atoms in total. The number of nitrogens with two attached hydrogens (primary N) is 1. The molecule has 0 aliphatic heterocycles. The highest BCUT2D eigenvalue weighted by Gasteiger charge is 2.07. The topological polar surface area (TPSA) is 39.2 Å². The van der Waals surface area contributed by atoms with Crippen LogP contribution in [0.2, 0.25) is 0 Å². The maximum Gasteiger partial charge on any atom is 0.153 e. The number of nitrogen functional groups attached to an aromatic ring is 1. The summed E-state index contributed by atoms with van der Waals surface area (Å²) in [4.78, 5) is 0. The van der Waals surface area contributed by atoms with E-state index in [1.54, 1.807) is 17.6 Å². The molecule has 2 aromatic heterocycles. The summed E-state index contributed by atoms with van der Waals surface area (Å²) in [5, 5.41) is 4.21. The van der Waals surface area contributed by atoms with Gasteiger partial charge in [0.1, 0.15) is 0 Å². The fourth-order valence-electron chi connectivity index (χ4n) is 1.58. The largest absolute Gasteiger partial charge is 0.463 e. The molecule has 0 saturated heterocycles. The lowest BCUT2D eigenvalue weighted by atomic mass is 10.2. The maximum absolute atomic E-state index is 5.87. The second-order valence-corrected chi connectivity index (χ2v) is 3.88. The van der Waals surface area contributed by atoms with E-state index in [-0.39, 0.29) is 0 Å². The van der Waals surface area contributed by atoms with Gasteiger partial charge >= 0.3 is 0 Å². The van der Waals surface area contributed by atoms with Gasteiger partial charge in [-0.3, -0.25) is 0 Å². The fourth-order valence-corrected chi connectivity index (χ4v) is 2.45. The monoisotopic (exact) mass is 189 g/mol. The second-order valence-electron chi connectivity index (χ2n) is 2.97. The van der Waals surface area contributed by atoms with Crippen LogP contribution in [0.15, 0.2) is 34.3 Å². The second kappa shape index (κ2) is 2.26. The number of fused-ring (bicyclic) bond motifs is 3. The first kappa shape index (κ1) is 6.97. The Labute approximate surface area is 78.6 Å². The third kappa shape index (κ3) is 0.820. The molecular formula is C10H7NOS. The van der Waals surface area contributed by atoms with E-state index in [1.807, 2.05) is 17.5 Å². The molecule has 2 N–H and O–H groups in total. The highest BCUT2D eigenvalue weighted by Crippen LogP contribution is 2.34. The zero-order valence-corrected chi connectivity index (χ0v) is 7.60. The van der Waals surface area contributed by atoms with Gasteiger partial charge < -0.3 is 10.2 Å². The van der Waals surface area contributed by atoms with Crippen LogP contribution in [0, 0.1) is 0 Å². The van der Waals surface area contributed by atoms with Gasteiger partial charge in [-0.25, -0.2) is 0 Å². The molecule has 0 aliphatic rings. The minimum Gasteiger partial charge on any atom is -0.463 e. The van der Waals surface area contributed by atoms with Gasteiger partial charge in [-0.15, -0.1) is 11.3 Å². The Balaban J connectivity index is 2.70. The van der Waals surface area contributed by atoms with E-state index in [0.717, 1.165) is 22.0 Å². The Morgan fingerprint density at radius 2 is 2.23 bits per heavy atom. The van der Waals surface area contributed by atoms with Crippen LogP contribution >= 0.6 is 11.3 Å². The molecule has 0 radical (unpaired) electrons. The lowest BCUT2D eigenvalue weighted by Gasteiger charge is -1.96. The van der Waals surface area contributed by atoms with Crippen molar-refractivity contribution in [3.63, 3.8) is 0 Å². The SMILES string of the molecule is Nc1cc2ccsc2c2occc12. The van der Waals surface area contributed by atoms with Gasteiger partial charge in [-0.1, -0.05) is 0 Å². The van der Waals surface area contributed by atoms with Crippen molar-refractivity contribution in [2.45, 2.75) is 0 Å². The standard InChI is InChI=1S/C10H7NOS/c11-8-5-6-2-4-13-10(6)9-7(8)1-3-12-9/h1-5H,11H2. The molecule has 0 atom stereocenters. The quantitative estimate of drug-likeness (QED) is 0.551. The molecule has 0 fully saturated rings. The van der Waals surface area contributed by atoms with Crippen molar-refractivity contribution in [1.82, 2.24) is 0 Å². The van der Waals surface area contributed by atoms with Crippen LogP contribution in [-0.2, 0) is 0 Å². The number of benzene rings is 1. The first-order valence-electron chi connectivity index (χ1n) is 3.99. The van der Waals surface area contributed by atoms with Crippen molar-refractivity contribution in [3.8, 4) is 0 Å². The zero-order chi connectivity index (χ0) is 8.84. The van der Waals surface area contributed by atoms with Crippen molar-refractivity contribution >= 4 is 38.1 Å². The Morgan fingerprint density at radius 1 is 1.31 bits per heavy atom. The van der Waals surface area contributed by atoms with E-state index in [9.17, 15) is 0 Å². The van der Waals surface area contributed by atoms with Crippen LogP contribution in [0.25, 0.3) is 21.1 Å². The van der Waals surface area contributed by atoms with Crippen molar-refractivity contribution < 1.29 is 4.42 Å². The predicted molar refractivity (Wildman–Crippen MR) is 56.0 cm³/mol. The summed E-state index contributed by atoms with van der Waals surface area (Å²) in [5.74, 6) is 0. The summed E-state index contributed by atoms with van der Waals surface area (Å²) in [5.41, 5.74) is 7.56. The Bertz CT molecular complexity index is 579. The molecule has 0 amide bonds. The molecule has 2 heterocycles. The Kier molecular flexibility index (Phi) is 1.21. The van der Waals surface area contributed by atoms with E-state index in [0.29, 0.717) is 0 Å². The lowest BCUT2D eigenvalue weighted by molar-refractivity contribution is 0.619. The molecule has 0 unspecified atom stereocenters. The fraction of sp³-hybridized carbons (Fsp3) is 0. The van der Waals surface area contributed by atoms with E-state index < -0.39 is 0 Å². The highest BCUT2D eigenvalue weighted by atomic mass is 32.1. The summed E-state index contributed by atoms with van der Waals surface area (Å²) >= 11 is 1.68. The summed E-state index contributed by atoms with van der Waals surface area (Å²) in [6, 6.07) is 5.95. The number of furan rings is 1. The van der Waals surface area contributed by atoms with Gasteiger partial charge in [0.05, 0.1) is 11.0 Å². The first-order chi connectivity index (χ1) is 6.36. The van der Waals surface area contributed by atoms with Crippen LogP contribution in [-0.4, -0.2) is 0 Å². The molecule has 0 bridgehead atoms. The van der Waals surface area contributed by atoms with E-state index in [1.165, 1.54) is 4.70 Å². The molecule has 1 aromatic carbocycles. The van der Waals surface area contributed by atoms with Gasteiger partial charge in [-0.2, -0.15) is 0 Å². The summed E-state index contributed by atoms with van der Waals surface area (Å²) in [6.07, 6.45) is 1.68. The molecule has 0 saturated carbocycles. The first-order valence-corrected chi connectivity index (χ1v) is 4.87. The van der Waals surface area contributed by atoms with E-state index in [2.05, 4.69) is 6.07 Å². The zero-order valence-electron chi connectivity index (χ0n) is 6.78. The van der Waals surface area contributed by atoms with Gasteiger partial charge in [-0.05, 0) is 29.0 Å². The third-order valence-electron chi connectivity index (χ3n) is 2.19. The lowest BCUT2D eigenvalue weighted by Crippen LogP contribution is -1.83. The third-order valence-corrected chi connectivity index (χ3v) is 3.12. The molecule has 3 heteroatoms. The Hall–Kier alpha value is -1.48. The van der Waals surface area contributed by atoms with E-state index >= 15 is 0 Å². The average Bonchev–Trinajstić information content (AvgIpc) is 2.66. The van der Waals surface area contributed by atoms with Gasteiger partial charge in [0.25, 0.3) is 0 Å². The molecule has 3 rings (SSSR count). The molecule has 13 heavy (non-hydrogen) atoms. The minimum atomic E-state index is 0.787. The predicted octanol–water partition coefficient (Wildman–Crippen LogP) is 3.23. The summed E-state index contributed by atoms with van der Waals surface area (Å²) < 4.78 is 6.58. The van der Waals surface area contributed by atoms with Gasteiger partial charge in [0.2, 0.25) is 0 Å². The maximum atomic E-state index is 5.87. The minimum absolute atomic E-state index is 0.787. The summed E-state index contributed by atoms with van der Waals surface area (Å²) in [7, 11) is 0. The van der Waals surface area contributed by atoms with Crippen molar-refractivity contribution in [1.29, 1.82) is 0 Å². The Morgan fingerprint density at radius 3 is 3.15 bits per heavy atom. The number of thiophene rings is 1. The molecule has 64 valence electrons. The van der Waals surface area contributed by atoms with Crippen LogP contribution in [0.4, 0.5) is 5.69 Å². The normalized spacial score (nSPS) is 11.4. The van der Waals surface area contributed by atoms with Crippen LogP contribution in [0.1, 0.15) is 0 Å². The van der Waals surface area contributed by atoms with Crippen LogP contribution < -0.4 is 5.73 Å². The molecular weight excluding hydrogens is 182 g/mol. The van der Waals surface area contributed by atoms with Crippen LogP contribution in [0.3, 0.4) is 0 Å². The van der Waals surface area contributed by atoms with Gasteiger partial charge in [0.15, 0.2) is 5.58 Å². The molecule has 3 aromatic rings. The number of rotatable bonds is 0. The number of anilines is 1. The molecule has 0 aliphatic carbocycles. The number of hydrogen-bond acceptors (Lipinski definition) is 3. The smallest absolute Gasteiger partial charge is 0.153 e. The summed E-state index contributed by atoms with van der Waals surface area (Å²) in [6.45, 7) is 0. The highest BCUT2D eigenvalue weighted by molar-refractivity contribution is 7.18. The average molecular weight is 189 g/mol. The van der Waals surface area contributed by atoms with Crippen molar-refractivity contribution in [3.05, 3.63) is 29.8 Å². The van der Waals surface area contributed by atoms with Gasteiger partial charge in [0, 0.05) is 11.1 Å². The number of hydrogen-bond donors (Lipinski definition) is 1. The van der Waals surface area contributed by atoms with E-state index in [4.69, 9.17) is 10.2 Å². The van der Waals surface area contributed by atoms with Crippen LogP contribution in [0.5, 0.6) is 0 Å². The molecule has 0 spiro atoms. The van der Waals surface area contributed by atoms with Crippen molar-refractivity contribution in [2.24, 2.45) is 0 Å². The van der Waals surface area contributed by atoms with Crippen molar-refractivity contribution in [2.75, 3.05) is 5.73 Å².